The van der Waals surface area contributed by atoms with E-state index in [0.29, 0.717) is 11.7 Å². The fraction of sp³-hybridized carbons (Fsp3) is 0.273. The second kappa shape index (κ2) is 4.36. The molecular weight excluding hydrogens is 302 g/mol. The highest BCUT2D eigenvalue weighted by atomic mass is 79.9. The van der Waals surface area contributed by atoms with E-state index in [1.165, 1.54) is 0 Å². The van der Waals surface area contributed by atoms with Crippen molar-refractivity contribution in [2.24, 2.45) is 5.73 Å². The first-order valence-electron chi connectivity index (χ1n) is 5.24. The highest BCUT2D eigenvalue weighted by Gasteiger charge is 2.23. The first-order valence-corrected chi connectivity index (χ1v) is 6.91. The highest BCUT2D eigenvalue weighted by Crippen LogP contribution is 2.31. The lowest BCUT2D eigenvalue weighted by Crippen LogP contribution is -2.14. The molecule has 2 unspecified atom stereocenters. The van der Waals surface area contributed by atoms with Crippen LogP contribution >= 0.6 is 27.3 Å². The third-order valence-corrected chi connectivity index (χ3v) is 4.35. The smallest absolute Gasteiger partial charge is 0.233 e. The fourth-order valence-corrected chi connectivity index (χ4v) is 3.18. The van der Waals surface area contributed by atoms with E-state index in [4.69, 9.17) is 10.3 Å². The fourth-order valence-electron chi connectivity index (χ4n) is 1.83. The second-order valence-corrected chi connectivity index (χ2v) is 5.80. The van der Waals surface area contributed by atoms with E-state index in [0.717, 1.165) is 15.8 Å². The van der Waals surface area contributed by atoms with Gasteiger partial charge in [-0.15, -0.1) is 11.3 Å². The molecule has 0 amide bonds. The van der Waals surface area contributed by atoms with Crippen LogP contribution in [-0.4, -0.2) is 16.2 Å². The summed E-state index contributed by atoms with van der Waals surface area (Å²) >= 11 is 4.99. The molecule has 0 aromatic carbocycles. The lowest BCUT2D eigenvalue weighted by atomic mass is 10.1. The molecule has 0 radical (unpaired) electrons. The van der Waals surface area contributed by atoms with Crippen LogP contribution in [0.3, 0.4) is 0 Å². The van der Waals surface area contributed by atoms with Crippen LogP contribution in [0.4, 0.5) is 0 Å². The summed E-state index contributed by atoms with van der Waals surface area (Å²) in [5, 5.41) is 5.99. The van der Waals surface area contributed by atoms with Crippen molar-refractivity contribution in [3.63, 3.8) is 0 Å². The quantitative estimate of drug-likeness (QED) is 0.866. The molecule has 2 N–H and O–H groups in total. The van der Waals surface area contributed by atoms with Crippen LogP contribution in [0.5, 0.6) is 0 Å². The van der Waals surface area contributed by atoms with Crippen molar-refractivity contribution in [2.45, 2.75) is 18.4 Å². The van der Waals surface area contributed by atoms with E-state index in [1.54, 1.807) is 11.3 Å². The van der Waals surface area contributed by atoms with E-state index in [-0.39, 0.29) is 12.0 Å². The van der Waals surface area contributed by atoms with E-state index in [1.807, 2.05) is 23.6 Å². The monoisotopic (exact) mass is 311 g/mol. The van der Waals surface area contributed by atoms with Crippen molar-refractivity contribution in [3.8, 4) is 10.7 Å². The van der Waals surface area contributed by atoms with Gasteiger partial charge in [0.2, 0.25) is 11.7 Å². The van der Waals surface area contributed by atoms with Gasteiger partial charge in [0.1, 0.15) is 0 Å². The lowest BCUT2D eigenvalue weighted by molar-refractivity contribution is 0.365. The highest BCUT2D eigenvalue weighted by molar-refractivity contribution is 9.10. The predicted molar refractivity (Wildman–Crippen MR) is 69.8 cm³/mol. The Balaban J connectivity index is 1.86. The van der Waals surface area contributed by atoms with Crippen LogP contribution < -0.4 is 5.73 Å². The van der Waals surface area contributed by atoms with Crippen molar-refractivity contribution in [1.82, 2.24) is 10.1 Å². The maximum absolute atomic E-state index is 5.80. The van der Waals surface area contributed by atoms with E-state index >= 15 is 0 Å². The Morgan fingerprint density at radius 3 is 3.00 bits per heavy atom. The van der Waals surface area contributed by atoms with Crippen molar-refractivity contribution < 1.29 is 4.52 Å². The number of nitrogens with two attached hydrogens (primary N) is 1. The van der Waals surface area contributed by atoms with Gasteiger partial charge in [-0.25, -0.2) is 0 Å². The summed E-state index contributed by atoms with van der Waals surface area (Å²) in [5.74, 6) is 1.45. The lowest BCUT2D eigenvalue weighted by Gasteiger charge is -2.01. The van der Waals surface area contributed by atoms with Crippen molar-refractivity contribution in [3.05, 3.63) is 34.0 Å². The molecule has 17 heavy (non-hydrogen) atoms. The molecule has 0 bridgehead atoms. The number of aromatic nitrogens is 2. The van der Waals surface area contributed by atoms with E-state index in [9.17, 15) is 0 Å². The Morgan fingerprint density at radius 2 is 2.35 bits per heavy atom. The molecule has 0 saturated heterocycles. The summed E-state index contributed by atoms with van der Waals surface area (Å²) in [7, 11) is 0. The topological polar surface area (TPSA) is 64.9 Å². The van der Waals surface area contributed by atoms with Crippen LogP contribution in [0, 0.1) is 0 Å². The van der Waals surface area contributed by atoms with Gasteiger partial charge in [-0.05, 0) is 28.4 Å². The van der Waals surface area contributed by atoms with Crippen molar-refractivity contribution >= 4 is 27.3 Å². The zero-order chi connectivity index (χ0) is 11.8. The van der Waals surface area contributed by atoms with Crippen LogP contribution in [0.25, 0.3) is 10.7 Å². The maximum Gasteiger partial charge on any atom is 0.233 e. The molecule has 2 atom stereocenters. The minimum absolute atomic E-state index is 0.103. The van der Waals surface area contributed by atoms with Gasteiger partial charge in [0, 0.05) is 15.9 Å². The van der Waals surface area contributed by atoms with Gasteiger partial charge >= 0.3 is 0 Å². The molecular formula is C11H10BrN3OS. The van der Waals surface area contributed by atoms with Gasteiger partial charge in [-0.2, -0.15) is 4.98 Å². The standard InChI is InChI=1S/C11H10BrN3OS/c12-7-4-9(17-5-7)10-14-11(16-15-10)6-1-2-8(13)3-6/h1-2,4-6,8H,3,13H2. The number of allylic oxidation sites excluding steroid dienone is 1. The van der Waals surface area contributed by atoms with E-state index in [2.05, 4.69) is 26.1 Å². The molecule has 0 spiro atoms. The van der Waals surface area contributed by atoms with Gasteiger partial charge in [-0.3, -0.25) is 0 Å². The minimum atomic E-state index is 0.103. The number of thiophene rings is 1. The molecule has 1 aliphatic carbocycles. The van der Waals surface area contributed by atoms with Gasteiger partial charge in [0.25, 0.3) is 0 Å². The zero-order valence-corrected chi connectivity index (χ0v) is 11.2. The Kier molecular flexibility index (Phi) is 2.85. The largest absolute Gasteiger partial charge is 0.338 e. The molecule has 2 heterocycles. The number of hydrogen-bond acceptors (Lipinski definition) is 5. The normalized spacial score (nSPS) is 23.4. The Hall–Kier alpha value is -0.980. The number of halogens is 1. The van der Waals surface area contributed by atoms with Crippen molar-refractivity contribution in [1.29, 1.82) is 0 Å². The number of rotatable bonds is 2. The first kappa shape index (κ1) is 11.1. The molecule has 88 valence electrons. The van der Waals surface area contributed by atoms with Crippen molar-refractivity contribution in [2.75, 3.05) is 0 Å². The van der Waals surface area contributed by atoms with E-state index < -0.39 is 0 Å². The van der Waals surface area contributed by atoms with Gasteiger partial charge < -0.3 is 10.3 Å². The summed E-state index contributed by atoms with van der Waals surface area (Å²) in [6, 6.07) is 2.08. The third-order valence-electron chi connectivity index (χ3n) is 2.66. The predicted octanol–water partition coefficient (Wildman–Crippen LogP) is 2.93. The van der Waals surface area contributed by atoms with Gasteiger partial charge in [0.15, 0.2) is 0 Å². The molecule has 1 aliphatic rings. The van der Waals surface area contributed by atoms with Crippen LogP contribution in [-0.2, 0) is 0 Å². The molecule has 3 rings (SSSR count). The average molecular weight is 312 g/mol. The van der Waals surface area contributed by atoms with Gasteiger partial charge in [0.05, 0.1) is 10.8 Å². The minimum Gasteiger partial charge on any atom is -0.338 e. The van der Waals surface area contributed by atoms with Crippen LogP contribution in [0.2, 0.25) is 0 Å². The summed E-state index contributed by atoms with van der Waals surface area (Å²) in [4.78, 5) is 5.41. The average Bonchev–Trinajstić information content (AvgIpc) is 2.96. The Bertz CT molecular complexity index is 563. The molecule has 0 fully saturated rings. The molecule has 0 saturated carbocycles. The van der Waals surface area contributed by atoms with Crippen LogP contribution in [0.15, 0.2) is 32.6 Å². The maximum atomic E-state index is 5.80. The molecule has 0 aliphatic heterocycles. The van der Waals surface area contributed by atoms with Crippen LogP contribution in [0.1, 0.15) is 18.2 Å². The van der Waals surface area contributed by atoms with Gasteiger partial charge in [-0.1, -0.05) is 17.3 Å². The molecule has 2 aromatic heterocycles. The summed E-state index contributed by atoms with van der Waals surface area (Å²) in [6.45, 7) is 0. The number of nitrogens with zero attached hydrogens (tertiary/aromatic N) is 2. The zero-order valence-electron chi connectivity index (χ0n) is 8.84. The molecule has 6 heteroatoms. The first-order chi connectivity index (χ1) is 8.22. The summed E-state index contributed by atoms with van der Waals surface area (Å²) < 4.78 is 6.32. The molecule has 2 aromatic rings. The number of hydrogen-bond donors (Lipinski definition) is 1. The Morgan fingerprint density at radius 1 is 1.47 bits per heavy atom. The summed E-state index contributed by atoms with van der Waals surface area (Å²) in [6.07, 6.45) is 4.86. The second-order valence-electron chi connectivity index (χ2n) is 3.98. The summed E-state index contributed by atoms with van der Waals surface area (Å²) in [5.41, 5.74) is 5.80. The molecule has 4 nitrogen and oxygen atoms in total. The third kappa shape index (κ3) is 2.20. The SMILES string of the molecule is NC1C=CC(c2nc(-c3cc(Br)cs3)no2)C1. The Labute approximate surface area is 111 Å².